The predicted molar refractivity (Wildman–Crippen MR) is 139 cm³/mol. The monoisotopic (exact) mass is 518 g/mol. The van der Waals surface area contributed by atoms with E-state index in [9.17, 15) is 13.2 Å². The van der Waals surface area contributed by atoms with Gasteiger partial charge in [-0.25, -0.2) is 8.42 Å². The van der Waals surface area contributed by atoms with Gasteiger partial charge in [0, 0.05) is 31.4 Å². The Morgan fingerprint density at radius 1 is 1.20 bits per heavy atom. The summed E-state index contributed by atoms with van der Waals surface area (Å²) >= 11 is 1.50. The van der Waals surface area contributed by atoms with E-state index in [1.54, 1.807) is 13.1 Å². The molecule has 1 saturated carbocycles. The number of likely N-dealkylation sites (N-methyl/N-ethyl adjacent to an activating group) is 1. The molecule has 0 amide bonds. The molecule has 0 spiro atoms. The summed E-state index contributed by atoms with van der Waals surface area (Å²) in [5.41, 5.74) is 0.964. The molecule has 1 heterocycles. The Bertz CT molecular complexity index is 1170. The number of carbonyl (C=O) groups excluding carboxylic acids is 1. The van der Waals surface area contributed by atoms with Crippen LogP contribution in [-0.4, -0.2) is 58.3 Å². The topological polar surface area (TPSA) is 76.1 Å². The Labute approximate surface area is 212 Å². The first-order valence-electron chi connectivity index (χ1n) is 12.0. The number of nitrogens with zero attached hydrogens (tertiary/aromatic N) is 2. The second-order valence-electron chi connectivity index (χ2n) is 9.29. The number of benzene rings is 2. The van der Waals surface area contributed by atoms with Gasteiger partial charge in [-0.2, -0.15) is 4.31 Å². The third-order valence-electron chi connectivity index (χ3n) is 7.04. The molecule has 1 unspecified atom stereocenters. The van der Waals surface area contributed by atoms with Crippen molar-refractivity contribution in [3.05, 3.63) is 42.5 Å². The SMILES string of the molecule is CCCCC1CN(c2ccccc2)c2cc(SC)c(OCC3(C(=O)OC)CC3)cc2S(=O)(=O)N1C. The van der Waals surface area contributed by atoms with Gasteiger partial charge in [0.15, 0.2) is 0 Å². The Morgan fingerprint density at radius 2 is 1.91 bits per heavy atom. The van der Waals surface area contributed by atoms with Crippen LogP contribution >= 0.6 is 11.8 Å². The molecule has 0 bridgehead atoms. The lowest BCUT2D eigenvalue weighted by atomic mass is 10.1. The maximum Gasteiger partial charge on any atom is 0.315 e. The molecule has 0 radical (unpaired) electrons. The molecule has 1 aliphatic heterocycles. The summed E-state index contributed by atoms with van der Waals surface area (Å²) in [6.07, 6.45) is 6.09. The molecule has 1 fully saturated rings. The largest absolute Gasteiger partial charge is 0.491 e. The van der Waals surface area contributed by atoms with E-state index in [0.717, 1.165) is 29.8 Å². The molecular weight excluding hydrogens is 484 g/mol. The normalized spacial score (nSPS) is 20.6. The summed E-state index contributed by atoms with van der Waals surface area (Å²) in [6, 6.07) is 13.3. The quantitative estimate of drug-likeness (QED) is 0.339. The first kappa shape index (κ1) is 25.9. The van der Waals surface area contributed by atoms with Crippen LogP contribution in [0, 0.1) is 5.41 Å². The zero-order valence-corrected chi connectivity index (χ0v) is 22.5. The number of unbranched alkanes of at least 4 members (excludes halogenated alkanes) is 1. The van der Waals surface area contributed by atoms with Crippen LogP contribution in [0.5, 0.6) is 5.75 Å². The van der Waals surface area contributed by atoms with Crippen LogP contribution in [0.1, 0.15) is 39.0 Å². The van der Waals surface area contributed by atoms with Gasteiger partial charge >= 0.3 is 5.97 Å². The Hall–Kier alpha value is -2.23. The molecule has 0 N–H and O–H groups in total. The molecule has 190 valence electrons. The lowest BCUT2D eigenvalue weighted by molar-refractivity contribution is -0.148. The molecule has 1 atom stereocenters. The van der Waals surface area contributed by atoms with E-state index in [2.05, 4.69) is 11.8 Å². The van der Waals surface area contributed by atoms with E-state index < -0.39 is 15.4 Å². The Kier molecular flexibility index (Phi) is 7.68. The molecule has 7 nitrogen and oxygen atoms in total. The number of anilines is 2. The van der Waals surface area contributed by atoms with Crippen molar-refractivity contribution in [3.8, 4) is 5.75 Å². The summed E-state index contributed by atoms with van der Waals surface area (Å²) < 4.78 is 40.3. The van der Waals surface area contributed by atoms with Gasteiger partial charge in [0.1, 0.15) is 22.7 Å². The van der Waals surface area contributed by atoms with Gasteiger partial charge in [-0.1, -0.05) is 38.0 Å². The Balaban J connectivity index is 1.80. The number of para-hydroxylation sites is 1. The van der Waals surface area contributed by atoms with Crippen molar-refractivity contribution in [1.82, 2.24) is 4.31 Å². The van der Waals surface area contributed by atoms with Gasteiger partial charge < -0.3 is 14.4 Å². The minimum Gasteiger partial charge on any atom is -0.491 e. The van der Waals surface area contributed by atoms with Crippen LogP contribution in [0.15, 0.2) is 52.3 Å². The number of fused-ring (bicyclic) bond motifs is 1. The molecule has 1 aliphatic carbocycles. The van der Waals surface area contributed by atoms with Crippen LogP contribution in [0.4, 0.5) is 11.4 Å². The number of ether oxygens (including phenoxy) is 2. The van der Waals surface area contributed by atoms with Gasteiger partial charge in [-0.3, -0.25) is 4.79 Å². The average Bonchev–Trinajstić information content (AvgIpc) is 3.68. The van der Waals surface area contributed by atoms with Crippen molar-refractivity contribution >= 4 is 39.1 Å². The van der Waals surface area contributed by atoms with Crippen LogP contribution in [0.2, 0.25) is 0 Å². The fourth-order valence-electron chi connectivity index (χ4n) is 4.55. The van der Waals surface area contributed by atoms with Gasteiger partial charge in [0.05, 0.1) is 17.7 Å². The number of esters is 1. The van der Waals surface area contributed by atoms with E-state index in [1.165, 1.54) is 23.2 Å². The van der Waals surface area contributed by atoms with Gasteiger partial charge in [-0.05, 0) is 43.7 Å². The van der Waals surface area contributed by atoms with Crippen molar-refractivity contribution in [2.75, 3.05) is 38.5 Å². The highest BCUT2D eigenvalue weighted by molar-refractivity contribution is 7.98. The number of methoxy groups -OCH3 is 1. The summed E-state index contributed by atoms with van der Waals surface area (Å²) in [6.45, 7) is 2.85. The van der Waals surface area contributed by atoms with Gasteiger partial charge in [0.2, 0.25) is 10.0 Å². The van der Waals surface area contributed by atoms with Gasteiger partial charge in [0.25, 0.3) is 0 Å². The second kappa shape index (κ2) is 10.4. The summed E-state index contributed by atoms with van der Waals surface area (Å²) in [5.74, 6) is 0.197. The number of hydrogen-bond acceptors (Lipinski definition) is 7. The molecule has 0 saturated heterocycles. The van der Waals surface area contributed by atoms with Crippen molar-refractivity contribution in [1.29, 1.82) is 0 Å². The summed E-state index contributed by atoms with van der Waals surface area (Å²) in [7, 11) is -0.717. The van der Waals surface area contributed by atoms with Crippen molar-refractivity contribution < 1.29 is 22.7 Å². The minimum absolute atomic E-state index is 0.163. The number of sulfonamides is 1. The lowest BCUT2D eigenvalue weighted by Gasteiger charge is -2.29. The molecule has 4 rings (SSSR count). The maximum atomic E-state index is 13.9. The van der Waals surface area contributed by atoms with Crippen LogP contribution in [-0.2, 0) is 19.6 Å². The van der Waals surface area contributed by atoms with Crippen molar-refractivity contribution in [2.45, 2.75) is 54.9 Å². The van der Waals surface area contributed by atoms with Crippen LogP contribution in [0.25, 0.3) is 0 Å². The Morgan fingerprint density at radius 3 is 2.51 bits per heavy atom. The molecule has 2 aromatic carbocycles. The van der Waals surface area contributed by atoms with Crippen molar-refractivity contribution in [2.24, 2.45) is 5.41 Å². The predicted octanol–water partition coefficient (Wildman–Crippen LogP) is 5.07. The number of carbonyl (C=O) groups is 1. The fourth-order valence-corrected chi connectivity index (χ4v) is 6.66. The van der Waals surface area contributed by atoms with Crippen LogP contribution < -0.4 is 9.64 Å². The van der Waals surface area contributed by atoms with Crippen LogP contribution in [0.3, 0.4) is 0 Å². The molecule has 2 aromatic rings. The molecule has 2 aliphatic rings. The average molecular weight is 519 g/mol. The highest BCUT2D eigenvalue weighted by atomic mass is 32.2. The minimum atomic E-state index is -3.77. The van der Waals surface area contributed by atoms with E-state index in [4.69, 9.17) is 9.47 Å². The lowest BCUT2D eigenvalue weighted by Crippen LogP contribution is -2.40. The zero-order chi connectivity index (χ0) is 25.2. The summed E-state index contributed by atoms with van der Waals surface area (Å²) in [5, 5.41) is 0. The first-order chi connectivity index (χ1) is 16.8. The molecule has 9 heteroatoms. The molecular formula is C26H34N2O5S2. The first-order valence-corrected chi connectivity index (χ1v) is 14.7. The van der Waals surface area contributed by atoms with E-state index >= 15 is 0 Å². The third kappa shape index (κ3) is 5.04. The fraction of sp³-hybridized carbons (Fsp3) is 0.500. The smallest absolute Gasteiger partial charge is 0.315 e. The van der Waals surface area contributed by atoms with Gasteiger partial charge in [-0.15, -0.1) is 11.8 Å². The van der Waals surface area contributed by atoms with Crippen molar-refractivity contribution in [3.63, 3.8) is 0 Å². The maximum absolute atomic E-state index is 13.9. The zero-order valence-electron chi connectivity index (χ0n) is 20.8. The highest BCUT2D eigenvalue weighted by Crippen LogP contribution is 2.48. The molecule has 0 aromatic heterocycles. The molecule has 35 heavy (non-hydrogen) atoms. The standard InChI is InChI=1S/C26H34N2O5S2/c1-5-6-10-20-17-28(19-11-8-7-9-12-19)21-15-23(34-4)22(16-24(21)35(30,31)27(20)2)33-18-26(13-14-26)25(29)32-3/h7-9,11-12,15-16,20H,5-6,10,13-14,17-18H2,1-4H3. The number of hydrogen-bond donors (Lipinski definition) is 0. The number of rotatable bonds is 9. The van der Waals surface area contributed by atoms with E-state index in [-0.39, 0.29) is 23.5 Å². The van der Waals surface area contributed by atoms with E-state index in [0.29, 0.717) is 30.8 Å². The highest BCUT2D eigenvalue weighted by Gasteiger charge is 2.52. The van der Waals surface area contributed by atoms with E-state index in [1.807, 2.05) is 42.7 Å². The third-order valence-corrected chi connectivity index (χ3v) is 9.73. The number of thioether (sulfide) groups is 1. The summed E-state index contributed by atoms with van der Waals surface area (Å²) in [4.78, 5) is 15.4. The second-order valence-corrected chi connectivity index (χ2v) is 12.1.